The zero-order valence-corrected chi connectivity index (χ0v) is 7.59. The summed E-state index contributed by atoms with van der Waals surface area (Å²) in [5.74, 6) is -0.261. The second kappa shape index (κ2) is 4.14. The van der Waals surface area contributed by atoms with Crippen molar-refractivity contribution in [2.75, 3.05) is 6.61 Å². The molecule has 1 fully saturated rings. The van der Waals surface area contributed by atoms with Gasteiger partial charge in [0.05, 0.1) is 6.61 Å². The predicted molar refractivity (Wildman–Crippen MR) is 46.5 cm³/mol. The monoisotopic (exact) mass is 169 g/mol. The van der Waals surface area contributed by atoms with Gasteiger partial charge in [0.1, 0.15) is 0 Å². The molecule has 0 amide bonds. The molecule has 1 rings (SSSR count). The molecular weight excluding hydrogens is 154 g/mol. The van der Waals surface area contributed by atoms with E-state index in [9.17, 15) is 4.79 Å². The van der Waals surface area contributed by atoms with Crippen LogP contribution in [0.1, 0.15) is 26.7 Å². The Bertz CT molecular complexity index is 195. The Morgan fingerprint density at radius 1 is 1.67 bits per heavy atom. The van der Waals surface area contributed by atoms with Crippen LogP contribution in [0.3, 0.4) is 0 Å². The van der Waals surface area contributed by atoms with Gasteiger partial charge in [0.2, 0.25) is 0 Å². The van der Waals surface area contributed by atoms with E-state index < -0.39 is 0 Å². The van der Waals surface area contributed by atoms with E-state index in [-0.39, 0.29) is 5.97 Å². The van der Waals surface area contributed by atoms with Gasteiger partial charge in [-0.25, -0.2) is 4.79 Å². The Hall–Kier alpha value is -0.990. The van der Waals surface area contributed by atoms with E-state index in [1.807, 2.05) is 6.92 Å². The van der Waals surface area contributed by atoms with Crippen LogP contribution in [0.15, 0.2) is 11.8 Å². The zero-order valence-electron chi connectivity index (χ0n) is 7.59. The smallest absolute Gasteiger partial charge is 0.332 e. The molecule has 0 saturated heterocycles. The first-order valence-electron chi connectivity index (χ1n) is 4.34. The first-order valence-corrected chi connectivity index (χ1v) is 4.34. The fourth-order valence-corrected chi connectivity index (χ4v) is 0.952. The minimum Gasteiger partial charge on any atom is -0.463 e. The van der Waals surface area contributed by atoms with Gasteiger partial charge in [-0.1, -0.05) is 0 Å². The molecule has 1 saturated carbocycles. The summed E-state index contributed by atoms with van der Waals surface area (Å²) in [5, 5.41) is 3.20. The maximum Gasteiger partial charge on any atom is 0.332 e. The van der Waals surface area contributed by atoms with Crippen molar-refractivity contribution in [2.24, 2.45) is 0 Å². The van der Waals surface area contributed by atoms with E-state index in [1.54, 1.807) is 6.92 Å². The highest BCUT2D eigenvalue weighted by molar-refractivity contribution is 5.82. The molecule has 0 atom stereocenters. The molecule has 0 unspecified atom stereocenters. The standard InChI is InChI=1S/C9H15NO2/c1-3-12-9(11)6-7(2)10-8-4-5-8/h6,8,10H,3-5H2,1-2H3/b7-6-. The average molecular weight is 169 g/mol. The van der Waals surface area contributed by atoms with E-state index in [2.05, 4.69) is 5.32 Å². The summed E-state index contributed by atoms with van der Waals surface area (Å²) in [4.78, 5) is 10.9. The molecule has 3 nitrogen and oxygen atoms in total. The van der Waals surface area contributed by atoms with Crippen molar-refractivity contribution >= 4 is 5.97 Å². The quantitative estimate of drug-likeness (QED) is 0.507. The topological polar surface area (TPSA) is 38.3 Å². The third-order valence-electron chi connectivity index (χ3n) is 1.63. The van der Waals surface area contributed by atoms with E-state index in [0.29, 0.717) is 12.6 Å². The molecule has 0 bridgehead atoms. The molecule has 0 aliphatic heterocycles. The maximum atomic E-state index is 10.9. The molecule has 0 aromatic carbocycles. The number of carbonyl (C=O) groups is 1. The largest absolute Gasteiger partial charge is 0.463 e. The van der Waals surface area contributed by atoms with Crippen molar-refractivity contribution in [3.05, 3.63) is 11.8 Å². The molecule has 0 heterocycles. The molecule has 1 N–H and O–H groups in total. The first-order chi connectivity index (χ1) is 5.72. The van der Waals surface area contributed by atoms with Crippen LogP contribution in [0, 0.1) is 0 Å². The summed E-state index contributed by atoms with van der Waals surface area (Å²) >= 11 is 0. The van der Waals surface area contributed by atoms with Crippen LogP contribution in [0.4, 0.5) is 0 Å². The molecule has 3 heteroatoms. The van der Waals surface area contributed by atoms with E-state index >= 15 is 0 Å². The average Bonchev–Trinajstić information content (AvgIpc) is 2.71. The summed E-state index contributed by atoms with van der Waals surface area (Å²) < 4.78 is 4.76. The molecule has 68 valence electrons. The van der Waals surface area contributed by atoms with E-state index in [1.165, 1.54) is 18.9 Å². The third kappa shape index (κ3) is 3.42. The highest BCUT2D eigenvalue weighted by atomic mass is 16.5. The summed E-state index contributed by atoms with van der Waals surface area (Å²) in [6.07, 6.45) is 3.93. The van der Waals surface area contributed by atoms with Crippen LogP contribution >= 0.6 is 0 Å². The van der Waals surface area contributed by atoms with E-state index in [4.69, 9.17) is 4.74 Å². The third-order valence-corrected chi connectivity index (χ3v) is 1.63. The van der Waals surface area contributed by atoms with Gasteiger partial charge in [0.15, 0.2) is 0 Å². The van der Waals surface area contributed by atoms with Gasteiger partial charge in [0.25, 0.3) is 0 Å². The predicted octanol–water partition coefficient (Wildman–Crippen LogP) is 1.21. The molecule has 0 aromatic heterocycles. The fraction of sp³-hybridized carbons (Fsp3) is 0.667. The number of rotatable bonds is 4. The van der Waals surface area contributed by atoms with Crippen molar-refractivity contribution in [1.82, 2.24) is 5.32 Å². The Morgan fingerprint density at radius 3 is 2.83 bits per heavy atom. The number of carbonyl (C=O) groups excluding carboxylic acids is 1. The molecule has 0 spiro atoms. The summed E-state index contributed by atoms with van der Waals surface area (Å²) in [6, 6.07) is 0.593. The number of ether oxygens (including phenoxy) is 1. The first kappa shape index (κ1) is 9.10. The molecule has 1 aliphatic carbocycles. The van der Waals surface area contributed by atoms with Crippen LogP contribution in [0.5, 0.6) is 0 Å². The van der Waals surface area contributed by atoms with Crippen molar-refractivity contribution < 1.29 is 9.53 Å². The van der Waals surface area contributed by atoms with Crippen molar-refractivity contribution in [2.45, 2.75) is 32.7 Å². The number of nitrogens with one attached hydrogen (secondary N) is 1. The lowest BCUT2D eigenvalue weighted by molar-refractivity contribution is -0.137. The SMILES string of the molecule is CCOC(=O)/C=C(/C)NC1CC1. The Labute approximate surface area is 72.8 Å². The Kier molecular flexibility index (Phi) is 3.14. The van der Waals surface area contributed by atoms with Gasteiger partial charge in [-0.2, -0.15) is 0 Å². The fourth-order valence-electron chi connectivity index (χ4n) is 0.952. The van der Waals surface area contributed by atoms with Gasteiger partial charge in [-0.15, -0.1) is 0 Å². The van der Waals surface area contributed by atoms with Gasteiger partial charge in [-0.3, -0.25) is 0 Å². The van der Waals surface area contributed by atoms with E-state index in [0.717, 1.165) is 5.70 Å². The molecule has 0 aromatic rings. The van der Waals surface area contributed by atoms with Gasteiger partial charge in [0, 0.05) is 17.8 Å². The Balaban J connectivity index is 2.26. The zero-order chi connectivity index (χ0) is 8.97. The van der Waals surface area contributed by atoms with Crippen molar-refractivity contribution in [1.29, 1.82) is 0 Å². The molecule has 1 aliphatic rings. The lowest BCUT2D eigenvalue weighted by atomic mass is 10.4. The summed E-state index contributed by atoms with van der Waals surface area (Å²) in [6.45, 7) is 4.12. The van der Waals surface area contributed by atoms with Crippen LogP contribution in [-0.4, -0.2) is 18.6 Å². The number of allylic oxidation sites excluding steroid dienone is 1. The molecule has 12 heavy (non-hydrogen) atoms. The van der Waals surface area contributed by atoms with Gasteiger partial charge < -0.3 is 10.1 Å². The highest BCUT2D eigenvalue weighted by Gasteiger charge is 2.20. The number of hydrogen-bond acceptors (Lipinski definition) is 3. The summed E-state index contributed by atoms with van der Waals surface area (Å²) in [7, 11) is 0. The van der Waals surface area contributed by atoms with Gasteiger partial charge in [-0.05, 0) is 26.7 Å². The lowest BCUT2D eigenvalue weighted by Gasteiger charge is -2.03. The van der Waals surface area contributed by atoms with Crippen LogP contribution in [0.25, 0.3) is 0 Å². The van der Waals surface area contributed by atoms with Crippen LogP contribution in [-0.2, 0) is 9.53 Å². The second-order valence-electron chi connectivity index (χ2n) is 3.00. The van der Waals surface area contributed by atoms with Crippen molar-refractivity contribution in [3.63, 3.8) is 0 Å². The minimum absolute atomic E-state index is 0.261. The lowest BCUT2D eigenvalue weighted by Crippen LogP contribution is -2.15. The summed E-state index contributed by atoms with van der Waals surface area (Å²) in [5.41, 5.74) is 0.899. The normalized spacial score (nSPS) is 17.3. The minimum atomic E-state index is -0.261. The van der Waals surface area contributed by atoms with Crippen LogP contribution in [0.2, 0.25) is 0 Å². The van der Waals surface area contributed by atoms with Crippen molar-refractivity contribution in [3.8, 4) is 0 Å². The number of hydrogen-bond donors (Lipinski definition) is 1. The Morgan fingerprint density at radius 2 is 2.33 bits per heavy atom. The number of esters is 1. The molecule has 0 radical (unpaired) electrons. The van der Waals surface area contributed by atoms with Crippen LogP contribution < -0.4 is 5.32 Å². The van der Waals surface area contributed by atoms with Gasteiger partial charge >= 0.3 is 5.97 Å². The maximum absolute atomic E-state index is 10.9. The highest BCUT2D eigenvalue weighted by Crippen LogP contribution is 2.19. The molecular formula is C9H15NO2. The second-order valence-corrected chi connectivity index (χ2v) is 3.00.